The van der Waals surface area contributed by atoms with Crippen molar-refractivity contribution in [2.75, 3.05) is 5.75 Å². The summed E-state index contributed by atoms with van der Waals surface area (Å²) in [5.41, 5.74) is 4.56. The van der Waals surface area contributed by atoms with Crippen molar-refractivity contribution < 1.29 is 0 Å². The van der Waals surface area contributed by atoms with E-state index in [2.05, 4.69) is 52.0 Å². The number of hydrogen-bond acceptors (Lipinski definition) is 1. The van der Waals surface area contributed by atoms with Gasteiger partial charge in [-0.3, -0.25) is 0 Å². The van der Waals surface area contributed by atoms with E-state index in [-0.39, 0.29) is 0 Å². The molecule has 86 valence electrons. The lowest BCUT2D eigenvalue weighted by atomic mass is 9.87. The van der Waals surface area contributed by atoms with Crippen molar-refractivity contribution in [3.8, 4) is 0 Å². The molecule has 0 unspecified atom stereocenters. The summed E-state index contributed by atoms with van der Waals surface area (Å²) in [7, 11) is 0. The zero-order valence-corrected chi connectivity index (χ0v) is 11.4. The fourth-order valence-electron chi connectivity index (χ4n) is 2.31. The molecule has 0 nitrogen and oxygen atoms in total. The zero-order valence-electron chi connectivity index (χ0n) is 10.6. The van der Waals surface area contributed by atoms with Crippen LogP contribution in [0.25, 0.3) is 5.57 Å². The summed E-state index contributed by atoms with van der Waals surface area (Å²) in [6.07, 6.45) is 2.41. The summed E-state index contributed by atoms with van der Waals surface area (Å²) >= 11 is 1.97. The molecule has 0 atom stereocenters. The van der Waals surface area contributed by atoms with Crippen molar-refractivity contribution in [1.82, 2.24) is 0 Å². The van der Waals surface area contributed by atoms with Gasteiger partial charge in [0, 0.05) is 10.6 Å². The van der Waals surface area contributed by atoms with E-state index in [9.17, 15) is 0 Å². The Bertz CT molecular complexity index is 413. The first-order valence-corrected chi connectivity index (χ1v) is 7.06. The van der Waals surface area contributed by atoms with Crippen LogP contribution in [-0.2, 0) is 0 Å². The minimum atomic E-state index is 0.607. The maximum Gasteiger partial charge on any atom is 0.0167 e. The normalized spacial score (nSPS) is 15.2. The summed E-state index contributed by atoms with van der Waals surface area (Å²) in [5.74, 6) is 2.36. The quantitative estimate of drug-likeness (QED) is 0.695. The number of rotatable bonds is 2. The van der Waals surface area contributed by atoms with Crippen molar-refractivity contribution in [2.24, 2.45) is 5.92 Å². The largest absolute Gasteiger partial charge is 0.121 e. The van der Waals surface area contributed by atoms with Gasteiger partial charge in [-0.2, -0.15) is 0 Å². The van der Waals surface area contributed by atoms with E-state index in [0.717, 1.165) is 5.75 Å². The molecule has 0 N–H and O–H groups in total. The third-order valence-corrected chi connectivity index (χ3v) is 4.12. The van der Waals surface area contributed by atoms with E-state index in [0.29, 0.717) is 11.8 Å². The van der Waals surface area contributed by atoms with Crippen LogP contribution in [0.1, 0.15) is 44.7 Å². The van der Waals surface area contributed by atoms with Crippen molar-refractivity contribution in [1.29, 1.82) is 0 Å². The maximum absolute atomic E-state index is 2.41. The standard InChI is InChI=1S/C15H20S/c1-10(2)12-6-5-7-14-15(12)13(11(3)4)8-9-16-14/h5-8,10-11H,9H2,1-4H3. The Hall–Kier alpha value is -0.690. The second-order valence-electron chi connectivity index (χ2n) is 5.00. The Kier molecular flexibility index (Phi) is 3.44. The van der Waals surface area contributed by atoms with Crippen LogP contribution in [0.2, 0.25) is 0 Å². The first kappa shape index (κ1) is 11.8. The second-order valence-corrected chi connectivity index (χ2v) is 6.06. The number of allylic oxidation sites excluding steroid dienone is 1. The van der Waals surface area contributed by atoms with Crippen molar-refractivity contribution in [3.63, 3.8) is 0 Å². The molecule has 0 bridgehead atoms. The van der Waals surface area contributed by atoms with Gasteiger partial charge in [-0.25, -0.2) is 0 Å². The van der Waals surface area contributed by atoms with Gasteiger partial charge in [-0.15, -0.1) is 11.8 Å². The molecule has 2 rings (SSSR count). The first-order chi connectivity index (χ1) is 7.61. The number of fused-ring (bicyclic) bond motifs is 1. The van der Waals surface area contributed by atoms with Gasteiger partial charge in [-0.05, 0) is 34.6 Å². The molecule has 0 radical (unpaired) electrons. The molecule has 0 aliphatic carbocycles. The molecule has 1 aromatic carbocycles. The van der Waals surface area contributed by atoms with Gasteiger partial charge >= 0.3 is 0 Å². The molecule has 0 saturated heterocycles. The van der Waals surface area contributed by atoms with Gasteiger partial charge in [-0.1, -0.05) is 45.9 Å². The smallest absolute Gasteiger partial charge is 0.0167 e. The average Bonchev–Trinajstić information content (AvgIpc) is 2.27. The molecule has 1 heterocycles. The molecule has 0 saturated carbocycles. The fourth-order valence-corrected chi connectivity index (χ4v) is 3.30. The molecular formula is C15H20S. The Morgan fingerprint density at radius 1 is 1.06 bits per heavy atom. The molecule has 0 amide bonds. The molecule has 1 aliphatic rings. The zero-order chi connectivity index (χ0) is 11.7. The SMILES string of the molecule is CC(C)C1=CCSc2cccc(C(C)C)c21. The monoisotopic (exact) mass is 232 g/mol. The average molecular weight is 232 g/mol. The molecule has 1 aromatic rings. The highest BCUT2D eigenvalue weighted by molar-refractivity contribution is 7.99. The van der Waals surface area contributed by atoms with Gasteiger partial charge in [0.05, 0.1) is 0 Å². The molecule has 16 heavy (non-hydrogen) atoms. The highest BCUT2D eigenvalue weighted by atomic mass is 32.2. The third-order valence-electron chi connectivity index (χ3n) is 3.13. The fraction of sp³-hybridized carbons (Fsp3) is 0.467. The molecule has 1 heteroatoms. The van der Waals surface area contributed by atoms with E-state index < -0.39 is 0 Å². The van der Waals surface area contributed by atoms with Crippen LogP contribution in [-0.4, -0.2) is 5.75 Å². The maximum atomic E-state index is 2.41. The molecule has 0 aromatic heterocycles. The summed E-state index contributed by atoms with van der Waals surface area (Å²) < 4.78 is 0. The summed E-state index contributed by atoms with van der Waals surface area (Å²) in [5, 5.41) is 0. The van der Waals surface area contributed by atoms with Crippen LogP contribution >= 0.6 is 11.8 Å². The van der Waals surface area contributed by atoms with E-state index in [1.807, 2.05) is 11.8 Å². The van der Waals surface area contributed by atoms with Crippen LogP contribution in [0.15, 0.2) is 29.2 Å². The number of hydrogen-bond donors (Lipinski definition) is 0. The summed E-state index contributed by atoms with van der Waals surface area (Å²) in [6.45, 7) is 9.16. The van der Waals surface area contributed by atoms with Crippen LogP contribution in [0.5, 0.6) is 0 Å². The van der Waals surface area contributed by atoms with Gasteiger partial charge in [0.1, 0.15) is 0 Å². The topological polar surface area (TPSA) is 0 Å². The van der Waals surface area contributed by atoms with Crippen LogP contribution in [0.3, 0.4) is 0 Å². The minimum absolute atomic E-state index is 0.607. The molecule has 0 fully saturated rings. The van der Waals surface area contributed by atoms with E-state index in [4.69, 9.17) is 0 Å². The van der Waals surface area contributed by atoms with Crippen LogP contribution in [0.4, 0.5) is 0 Å². The van der Waals surface area contributed by atoms with Crippen molar-refractivity contribution >= 4 is 17.3 Å². The lowest BCUT2D eigenvalue weighted by molar-refractivity contribution is 0.820. The number of benzene rings is 1. The Morgan fingerprint density at radius 3 is 2.44 bits per heavy atom. The van der Waals surface area contributed by atoms with Crippen molar-refractivity contribution in [2.45, 2.75) is 38.5 Å². The Balaban J connectivity index is 2.59. The van der Waals surface area contributed by atoms with Gasteiger partial charge in [0.15, 0.2) is 0 Å². The summed E-state index contributed by atoms with van der Waals surface area (Å²) in [4.78, 5) is 1.47. The predicted molar refractivity (Wildman–Crippen MR) is 74.1 cm³/mol. The second kappa shape index (κ2) is 4.67. The highest BCUT2D eigenvalue weighted by Gasteiger charge is 2.19. The summed E-state index contributed by atoms with van der Waals surface area (Å²) in [6, 6.07) is 6.75. The lowest BCUT2D eigenvalue weighted by Gasteiger charge is -2.24. The third kappa shape index (κ3) is 2.06. The Labute approximate surface area is 103 Å². The van der Waals surface area contributed by atoms with Crippen LogP contribution < -0.4 is 0 Å². The predicted octanol–water partition coefficient (Wildman–Crippen LogP) is 4.96. The number of thioether (sulfide) groups is 1. The Morgan fingerprint density at radius 2 is 1.81 bits per heavy atom. The van der Waals surface area contributed by atoms with Crippen molar-refractivity contribution in [3.05, 3.63) is 35.4 Å². The molecular weight excluding hydrogens is 212 g/mol. The lowest BCUT2D eigenvalue weighted by Crippen LogP contribution is -2.06. The minimum Gasteiger partial charge on any atom is -0.121 e. The van der Waals surface area contributed by atoms with E-state index in [1.165, 1.54) is 21.6 Å². The van der Waals surface area contributed by atoms with Gasteiger partial charge in [0.2, 0.25) is 0 Å². The van der Waals surface area contributed by atoms with Crippen LogP contribution in [0, 0.1) is 5.92 Å². The highest BCUT2D eigenvalue weighted by Crippen LogP contribution is 2.41. The van der Waals surface area contributed by atoms with Gasteiger partial charge in [0.25, 0.3) is 0 Å². The van der Waals surface area contributed by atoms with E-state index >= 15 is 0 Å². The first-order valence-electron chi connectivity index (χ1n) is 6.07. The molecule has 0 spiro atoms. The molecule has 1 aliphatic heterocycles. The van der Waals surface area contributed by atoms with Gasteiger partial charge < -0.3 is 0 Å². The van der Waals surface area contributed by atoms with E-state index in [1.54, 1.807) is 0 Å².